The van der Waals surface area contributed by atoms with E-state index < -0.39 is 7.26 Å². The molecule has 0 saturated carbocycles. The van der Waals surface area contributed by atoms with Crippen LogP contribution in [-0.4, -0.2) is 12.7 Å². The summed E-state index contributed by atoms with van der Waals surface area (Å²) in [5, 5.41) is 8.18. The monoisotopic (exact) mass is 577 g/mol. The van der Waals surface area contributed by atoms with Crippen LogP contribution in [0.1, 0.15) is 76.7 Å². The van der Waals surface area contributed by atoms with E-state index in [0.717, 1.165) is 18.7 Å². The molecule has 42 heavy (non-hydrogen) atoms. The number of nitrogens with two attached hydrogens (primary N) is 1. The first-order valence-electron chi connectivity index (χ1n) is 15.9. The molecule has 0 fully saturated rings. The molecular weight excluding hydrogens is 527 g/mol. The van der Waals surface area contributed by atoms with Crippen molar-refractivity contribution >= 4 is 28.9 Å². The molecule has 0 spiro atoms. The lowest BCUT2D eigenvalue weighted by Crippen LogP contribution is -2.33. The second kappa shape index (κ2) is 16.9. The van der Waals surface area contributed by atoms with Gasteiger partial charge in [0.25, 0.3) is 0 Å². The summed E-state index contributed by atoms with van der Waals surface area (Å²) in [5.74, 6) is 0.465. The average molecular weight is 578 g/mol. The van der Waals surface area contributed by atoms with Crippen LogP contribution in [0.25, 0.3) is 0 Å². The first kappa shape index (κ1) is 31.6. The summed E-state index contributed by atoms with van der Waals surface area (Å²) in [5.41, 5.74) is 9.38. The fourth-order valence-corrected chi connectivity index (χ4v) is 10.4. The molecule has 1 unspecified atom stereocenters. The molecule has 4 rings (SSSR count). The largest absolute Gasteiger partial charge is 0.399 e. The Morgan fingerprint density at radius 3 is 1.57 bits per heavy atom. The molecule has 0 radical (unpaired) electrons. The smallest absolute Gasteiger partial charge is 0.112 e. The average Bonchev–Trinajstić information content (AvgIpc) is 3.05. The van der Waals surface area contributed by atoms with Gasteiger partial charge in [0.15, 0.2) is 0 Å². The van der Waals surface area contributed by atoms with Crippen molar-refractivity contribution < 1.29 is 0 Å². The third-order valence-electron chi connectivity index (χ3n) is 8.52. The Morgan fingerprint density at radius 1 is 0.643 bits per heavy atom. The van der Waals surface area contributed by atoms with Gasteiger partial charge < -0.3 is 11.1 Å². The maximum Gasteiger partial charge on any atom is 0.112 e. The van der Waals surface area contributed by atoms with Crippen LogP contribution in [0, 0.1) is 0 Å². The van der Waals surface area contributed by atoms with Crippen molar-refractivity contribution in [3.63, 3.8) is 0 Å². The zero-order chi connectivity index (χ0) is 29.5. The summed E-state index contributed by atoms with van der Waals surface area (Å²) < 4.78 is 0. The Labute approximate surface area is 255 Å². The molecule has 220 valence electrons. The molecular formula is C39H50N2P+. The lowest BCUT2D eigenvalue weighted by molar-refractivity contribution is 0.575. The van der Waals surface area contributed by atoms with Gasteiger partial charge in [0, 0.05) is 17.9 Å². The zero-order valence-corrected chi connectivity index (χ0v) is 26.6. The van der Waals surface area contributed by atoms with Gasteiger partial charge in [-0.25, -0.2) is 0 Å². The van der Waals surface area contributed by atoms with Crippen LogP contribution in [0.5, 0.6) is 0 Å². The van der Waals surface area contributed by atoms with E-state index in [4.69, 9.17) is 5.73 Å². The van der Waals surface area contributed by atoms with E-state index in [1.165, 1.54) is 78.3 Å². The van der Waals surface area contributed by atoms with Gasteiger partial charge in [0.05, 0.1) is 6.16 Å². The summed E-state index contributed by atoms with van der Waals surface area (Å²) >= 11 is 0. The molecule has 0 aliphatic rings. The van der Waals surface area contributed by atoms with E-state index in [0.29, 0.717) is 5.92 Å². The number of nitrogen functional groups attached to an aromatic ring is 1. The van der Waals surface area contributed by atoms with Crippen molar-refractivity contribution in [1.82, 2.24) is 5.32 Å². The number of rotatable bonds is 17. The van der Waals surface area contributed by atoms with Crippen molar-refractivity contribution in [1.29, 1.82) is 0 Å². The number of nitrogens with one attached hydrogen (secondary N) is 1. The second-order valence-corrected chi connectivity index (χ2v) is 15.1. The van der Waals surface area contributed by atoms with E-state index in [9.17, 15) is 0 Å². The highest BCUT2D eigenvalue weighted by Crippen LogP contribution is 2.56. The van der Waals surface area contributed by atoms with Crippen molar-refractivity contribution in [2.75, 3.05) is 18.4 Å². The van der Waals surface area contributed by atoms with Gasteiger partial charge in [-0.1, -0.05) is 105 Å². The van der Waals surface area contributed by atoms with Crippen LogP contribution < -0.4 is 27.0 Å². The molecule has 1 atom stereocenters. The van der Waals surface area contributed by atoms with Gasteiger partial charge in [-0.15, -0.1) is 0 Å². The Balaban J connectivity index is 1.22. The molecule has 0 heterocycles. The third kappa shape index (κ3) is 8.83. The van der Waals surface area contributed by atoms with Crippen molar-refractivity contribution in [3.8, 4) is 0 Å². The zero-order valence-electron chi connectivity index (χ0n) is 25.7. The van der Waals surface area contributed by atoms with Crippen molar-refractivity contribution in [2.45, 2.75) is 71.1 Å². The molecule has 0 amide bonds. The molecule has 4 aromatic rings. The number of unbranched alkanes of at least 4 members (excludes halogenated alkanes) is 6. The van der Waals surface area contributed by atoms with Gasteiger partial charge in [-0.05, 0) is 92.6 Å². The van der Waals surface area contributed by atoms with Gasteiger partial charge >= 0.3 is 0 Å². The molecule has 0 aromatic heterocycles. The Bertz CT molecular complexity index is 1220. The lowest BCUT2D eigenvalue weighted by Gasteiger charge is -2.27. The van der Waals surface area contributed by atoms with Gasteiger partial charge in [-0.3, -0.25) is 0 Å². The number of hydrogen-bond acceptors (Lipinski definition) is 2. The third-order valence-corrected chi connectivity index (χ3v) is 13.0. The summed E-state index contributed by atoms with van der Waals surface area (Å²) in [6.45, 7) is 5.39. The fourth-order valence-electron chi connectivity index (χ4n) is 5.99. The second-order valence-electron chi connectivity index (χ2n) is 11.5. The minimum Gasteiger partial charge on any atom is -0.399 e. The molecule has 4 aromatic carbocycles. The highest BCUT2D eigenvalue weighted by atomic mass is 31.2. The highest BCUT2D eigenvalue weighted by Gasteiger charge is 2.44. The van der Waals surface area contributed by atoms with Gasteiger partial charge in [0.2, 0.25) is 0 Å². The van der Waals surface area contributed by atoms with Crippen molar-refractivity contribution in [3.05, 3.63) is 133 Å². The molecule has 0 aliphatic carbocycles. The SMILES string of the molecule is C/C=C(/CCCCCCCCC[P+](c1ccccc1)(c1ccccc1)c1ccccc1)NCC(C)c1ccc(N)cc1. The fraction of sp³-hybridized carbons (Fsp3) is 0.333. The number of allylic oxidation sites excluding steroid dienone is 2. The minimum absolute atomic E-state index is 0.465. The Morgan fingerprint density at radius 2 is 1.10 bits per heavy atom. The molecule has 0 aliphatic heterocycles. The van der Waals surface area contributed by atoms with E-state index in [1.54, 1.807) is 0 Å². The van der Waals surface area contributed by atoms with E-state index in [2.05, 4.69) is 128 Å². The predicted octanol–water partition coefficient (Wildman–Crippen LogP) is 8.98. The lowest BCUT2D eigenvalue weighted by atomic mass is 10.0. The highest BCUT2D eigenvalue weighted by molar-refractivity contribution is 7.95. The first-order valence-corrected chi connectivity index (χ1v) is 17.9. The topological polar surface area (TPSA) is 38.0 Å². The molecule has 3 N–H and O–H groups in total. The maximum absolute atomic E-state index is 5.84. The van der Waals surface area contributed by atoms with Gasteiger partial charge in [0.1, 0.15) is 23.2 Å². The number of benzene rings is 4. The minimum atomic E-state index is -1.69. The van der Waals surface area contributed by atoms with Crippen LogP contribution in [0.4, 0.5) is 5.69 Å². The summed E-state index contributed by atoms with van der Waals surface area (Å²) in [7, 11) is -1.69. The van der Waals surface area contributed by atoms with E-state index >= 15 is 0 Å². The predicted molar refractivity (Wildman–Crippen MR) is 188 cm³/mol. The molecule has 0 saturated heterocycles. The van der Waals surface area contributed by atoms with Crippen LogP contribution in [0.15, 0.2) is 127 Å². The standard InChI is InChI=1S/C39H50N2P/c1-3-36(41-32-33(2)34-27-29-35(40)30-28-34)20-12-7-5-4-6-8-19-31-42(37-21-13-9-14-22-37,38-23-15-10-16-24-38)39-25-17-11-18-26-39/h3,9-11,13-18,21-30,33,41H,4-8,12,19-20,31-32,40H2,1-2H3/q+1/b36-3-. The number of anilines is 1. The van der Waals surface area contributed by atoms with Crippen molar-refractivity contribution in [2.24, 2.45) is 0 Å². The normalized spacial score (nSPS) is 12.7. The summed E-state index contributed by atoms with van der Waals surface area (Å²) in [6, 6.07) is 42.2. The maximum atomic E-state index is 5.84. The van der Waals surface area contributed by atoms with Crippen LogP contribution in [0.2, 0.25) is 0 Å². The number of hydrogen-bond donors (Lipinski definition) is 2. The van der Waals surface area contributed by atoms with Crippen LogP contribution in [0.3, 0.4) is 0 Å². The summed E-state index contributed by atoms with van der Waals surface area (Å²) in [4.78, 5) is 0. The Hall–Kier alpha value is -3.35. The van der Waals surface area contributed by atoms with Crippen LogP contribution >= 0.6 is 7.26 Å². The summed E-state index contributed by atoms with van der Waals surface area (Å²) in [6.07, 6.45) is 13.7. The molecule has 0 bridgehead atoms. The molecule has 3 heteroatoms. The van der Waals surface area contributed by atoms with Gasteiger partial charge in [-0.2, -0.15) is 0 Å². The first-order chi connectivity index (χ1) is 20.6. The van der Waals surface area contributed by atoms with Crippen LogP contribution in [-0.2, 0) is 0 Å². The van der Waals surface area contributed by atoms with E-state index in [-0.39, 0.29) is 0 Å². The Kier molecular flexibility index (Phi) is 12.7. The molecule has 2 nitrogen and oxygen atoms in total. The quantitative estimate of drug-likeness (QED) is 0.0747. The van der Waals surface area contributed by atoms with E-state index in [1.807, 2.05) is 12.1 Å².